The number of hydrogen-bond acceptors (Lipinski definition) is 6. The van der Waals surface area contributed by atoms with Crippen LogP contribution in [0.1, 0.15) is 16.7 Å². The van der Waals surface area contributed by atoms with Gasteiger partial charge in [-0.3, -0.25) is 4.98 Å². The molecule has 0 saturated carbocycles. The van der Waals surface area contributed by atoms with Gasteiger partial charge in [-0.2, -0.15) is 0 Å². The number of ether oxygens (including phenoxy) is 1. The van der Waals surface area contributed by atoms with Crippen LogP contribution < -0.4 is 10.1 Å². The number of rotatable bonds is 4. The fourth-order valence-electron chi connectivity index (χ4n) is 4.13. The smallest absolute Gasteiger partial charge is 0.227 e. The first-order valence-electron chi connectivity index (χ1n) is 10.4. The average Bonchev–Trinajstić information content (AvgIpc) is 2.78. The van der Waals surface area contributed by atoms with Crippen molar-refractivity contribution in [1.29, 1.82) is 0 Å². The number of methoxy groups -OCH3 is 1. The first kappa shape index (κ1) is 19.5. The average molecular weight is 412 g/mol. The normalized spacial score (nSPS) is 13.8. The summed E-state index contributed by atoms with van der Waals surface area (Å²) in [6.45, 7) is 4.09. The molecule has 6 heteroatoms. The van der Waals surface area contributed by atoms with Crippen LogP contribution in [0.5, 0.6) is 5.75 Å². The monoisotopic (exact) mass is 411 g/mol. The van der Waals surface area contributed by atoms with E-state index in [1.165, 1.54) is 16.7 Å². The van der Waals surface area contributed by atoms with Gasteiger partial charge in [0.1, 0.15) is 5.75 Å². The minimum atomic E-state index is 0.551. The molecular weight excluding hydrogens is 386 g/mol. The Morgan fingerprint density at radius 3 is 2.81 bits per heavy atom. The fraction of sp³-hybridized carbons (Fsp3) is 0.240. The number of fused-ring (bicyclic) bond motifs is 2. The highest BCUT2D eigenvalue weighted by atomic mass is 16.5. The molecule has 6 nitrogen and oxygen atoms in total. The molecule has 0 bridgehead atoms. The van der Waals surface area contributed by atoms with Crippen molar-refractivity contribution in [3.8, 4) is 16.9 Å². The molecule has 1 aliphatic heterocycles. The van der Waals surface area contributed by atoms with E-state index >= 15 is 0 Å². The summed E-state index contributed by atoms with van der Waals surface area (Å²) in [6.07, 6.45) is 6.59. The Morgan fingerprint density at radius 2 is 1.97 bits per heavy atom. The lowest BCUT2D eigenvalue weighted by Crippen LogP contribution is -2.26. The summed E-state index contributed by atoms with van der Waals surface area (Å²) in [5.41, 5.74) is 7.81. The molecule has 0 spiro atoms. The van der Waals surface area contributed by atoms with Crippen LogP contribution in [0.4, 0.5) is 11.6 Å². The van der Waals surface area contributed by atoms with Gasteiger partial charge in [-0.25, -0.2) is 9.97 Å². The van der Waals surface area contributed by atoms with E-state index in [1.54, 1.807) is 7.11 Å². The first-order valence-corrected chi connectivity index (χ1v) is 10.4. The van der Waals surface area contributed by atoms with E-state index in [9.17, 15) is 0 Å². The number of aromatic nitrogens is 3. The van der Waals surface area contributed by atoms with Gasteiger partial charge >= 0.3 is 0 Å². The summed E-state index contributed by atoms with van der Waals surface area (Å²) in [6, 6.07) is 12.5. The topological polar surface area (TPSA) is 63.2 Å². The zero-order valence-corrected chi connectivity index (χ0v) is 18.0. The number of likely N-dealkylation sites (N-methyl/N-ethyl adjacent to an activating group) is 1. The summed E-state index contributed by atoms with van der Waals surface area (Å²) in [5.74, 6) is 1.36. The van der Waals surface area contributed by atoms with Crippen LogP contribution in [-0.2, 0) is 13.0 Å². The Balaban J connectivity index is 1.51. The Bertz CT molecular complexity index is 1270. The van der Waals surface area contributed by atoms with Crippen LogP contribution in [0.15, 0.2) is 55.0 Å². The lowest BCUT2D eigenvalue weighted by molar-refractivity contribution is 0.312. The molecule has 156 valence electrons. The van der Waals surface area contributed by atoms with Crippen LogP contribution in [0.3, 0.4) is 0 Å². The van der Waals surface area contributed by atoms with Crippen molar-refractivity contribution in [3.05, 3.63) is 71.7 Å². The van der Waals surface area contributed by atoms with Crippen LogP contribution in [0, 0.1) is 6.92 Å². The highest BCUT2D eigenvalue weighted by molar-refractivity contribution is 5.85. The second-order valence-electron chi connectivity index (χ2n) is 8.09. The molecule has 0 radical (unpaired) electrons. The number of pyridine rings is 1. The Kier molecular flexibility index (Phi) is 5.00. The van der Waals surface area contributed by atoms with Gasteiger partial charge in [0.2, 0.25) is 5.95 Å². The minimum Gasteiger partial charge on any atom is -0.495 e. The van der Waals surface area contributed by atoms with Crippen molar-refractivity contribution < 1.29 is 4.74 Å². The Morgan fingerprint density at radius 1 is 1.06 bits per heavy atom. The van der Waals surface area contributed by atoms with Crippen LogP contribution >= 0.6 is 0 Å². The second kappa shape index (κ2) is 7.96. The number of benzene rings is 2. The molecule has 3 heterocycles. The van der Waals surface area contributed by atoms with Crippen LogP contribution in [0.25, 0.3) is 22.0 Å². The molecule has 0 atom stereocenters. The maximum Gasteiger partial charge on any atom is 0.227 e. The molecule has 1 aliphatic rings. The van der Waals surface area contributed by atoms with Gasteiger partial charge in [0, 0.05) is 42.6 Å². The van der Waals surface area contributed by atoms with Gasteiger partial charge in [0.25, 0.3) is 0 Å². The summed E-state index contributed by atoms with van der Waals surface area (Å²) in [7, 11) is 3.85. The van der Waals surface area contributed by atoms with E-state index in [0.717, 1.165) is 53.0 Å². The van der Waals surface area contributed by atoms with Gasteiger partial charge in [0.05, 0.1) is 18.3 Å². The Labute approximate surface area is 181 Å². The van der Waals surface area contributed by atoms with Crippen molar-refractivity contribution in [2.45, 2.75) is 19.9 Å². The van der Waals surface area contributed by atoms with Gasteiger partial charge in [-0.1, -0.05) is 12.1 Å². The molecule has 0 unspecified atom stereocenters. The number of hydrogen-bond donors (Lipinski definition) is 1. The van der Waals surface area contributed by atoms with Gasteiger partial charge < -0.3 is 15.0 Å². The van der Waals surface area contributed by atoms with Gasteiger partial charge in [0.15, 0.2) is 0 Å². The second-order valence-corrected chi connectivity index (χ2v) is 8.09. The predicted molar refractivity (Wildman–Crippen MR) is 124 cm³/mol. The minimum absolute atomic E-state index is 0.551. The molecule has 2 aromatic carbocycles. The van der Waals surface area contributed by atoms with Gasteiger partial charge in [-0.05, 0) is 66.9 Å². The van der Waals surface area contributed by atoms with Gasteiger partial charge in [-0.15, -0.1) is 0 Å². The largest absolute Gasteiger partial charge is 0.495 e. The van der Waals surface area contributed by atoms with E-state index in [4.69, 9.17) is 9.72 Å². The third kappa shape index (κ3) is 3.82. The van der Waals surface area contributed by atoms with E-state index in [0.29, 0.717) is 5.95 Å². The van der Waals surface area contributed by atoms with Crippen molar-refractivity contribution in [2.75, 3.05) is 26.0 Å². The molecule has 2 aromatic heterocycles. The highest BCUT2D eigenvalue weighted by Gasteiger charge is 2.17. The lowest BCUT2D eigenvalue weighted by atomic mass is 9.99. The number of anilines is 2. The maximum atomic E-state index is 5.65. The fourth-order valence-corrected chi connectivity index (χ4v) is 4.13. The van der Waals surface area contributed by atoms with Crippen molar-refractivity contribution in [1.82, 2.24) is 19.9 Å². The number of aryl methyl sites for hydroxylation is 1. The molecule has 0 aliphatic carbocycles. The maximum absolute atomic E-state index is 5.65. The SMILES string of the molecule is COc1cc2c(cc1Nc1ncc3ccc(-c4cnccc4C)cc3n1)CN(C)CC2. The molecule has 0 fully saturated rings. The summed E-state index contributed by atoms with van der Waals surface area (Å²) < 4.78 is 5.65. The summed E-state index contributed by atoms with van der Waals surface area (Å²) in [4.78, 5) is 15.9. The zero-order chi connectivity index (χ0) is 21.4. The molecule has 1 N–H and O–H groups in total. The molecule has 0 amide bonds. The number of nitrogens with zero attached hydrogens (tertiary/aromatic N) is 4. The summed E-state index contributed by atoms with van der Waals surface area (Å²) in [5, 5.41) is 4.37. The first-order chi connectivity index (χ1) is 15.1. The van der Waals surface area contributed by atoms with Crippen molar-refractivity contribution in [2.24, 2.45) is 0 Å². The van der Waals surface area contributed by atoms with Crippen molar-refractivity contribution in [3.63, 3.8) is 0 Å². The Hall–Kier alpha value is -3.51. The standard InChI is InChI=1S/C25H25N5O/c1-16-6-8-26-14-21(16)18-4-5-19-13-27-25(28-22(19)10-18)29-23-11-20-15-30(2)9-7-17(20)12-24(23)31-3/h4-6,8,10-14H,7,9,15H2,1-3H3,(H,27,28,29). The molecule has 31 heavy (non-hydrogen) atoms. The van der Waals surface area contributed by atoms with Crippen LogP contribution in [0.2, 0.25) is 0 Å². The van der Waals surface area contributed by atoms with E-state index < -0.39 is 0 Å². The van der Waals surface area contributed by atoms with E-state index in [-0.39, 0.29) is 0 Å². The third-order valence-electron chi connectivity index (χ3n) is 5.90. The van der Waals surface area contributed by atoms with E-state index in [2.05, 4.69) is 64.5 Å². The number of nitrogens with one attached hydrogen (secondary N) is 1. The van der Waals surface area contributed by atoms with E-state index in [1.807, 2.05) is 24.7 Å². The third-order valence-corrected chi connectivity index (χ3v) is 5.90. The zero-order valence-electron chi connectivity index (χ0n) is 18.0. The molecule has 4 aromatic rings. The van der Waals surface area contributed by atoms with Crippen molar-refractivity contribution >= 4 is 22.5 Å². The summed E-state index contributed by atoms with van der Waals surface area (Å²) >= 11 is 0. The molecule has 5 rings (SSSR count). The quantitative estimate of drug-likeness (QED) is 0.523. The highest BCUT2D eigenvalue weighted by Crippen LogP contribution is 2.33. The molecule has 0 saturated heterocycles. The predicted octanol–water partition coefficient (Wildman–Crippen LogP) is 4.74. The molecular formula is C25H25N5O. The lowest BCUT2D eigenvalue weighted by Gasteiger charge is -2.26. The van der Waals surface area contributed by atoms with Crippen LogP contribution in [-0.4, -0.2) is 40.6 Å².